The summed E-state index contributed by atoms with van der Waals surface area (Å²) in [5, 5.41) is 8.61. The van der Waals surface area contributed by atoms with Crippen LogP contribution in [0, 0.1) is 5.41 Å². The van der Waals surface area contributed by atoms with E-state index in [4.69, 9.17) is 11.1 Å². The predicted octanol–water partition coefficient (Wildman–Crippen LogP) is 2.82. The zero-order valence-electron chi connectivity index (χ0n) is 10.4. The molecule has 0 unspecified atom stereocenters. The van der Waals surface area contributed by atoms with Crippen molar-refractivity contribution in [2.45, 2.75) is 26.2 Å². The summed E-state index contributed by atoms with van der Waals surface area (Å²) in [5.74, 6) is 0.0918. The number of aromatic nitrogens is 1. The molecule has 2 aromatic rings. The summed E-state index contributed by atoms with van der Waals surface area (Å²) in [6.45, 7) is 6.32. The third-order valence-electron chi connectivity index (χ3n) is 2.77. The van der Waals surface area contributed by atoms with Gasteiger partial charge in [0.05, 0.1) is 5.52 Å². The van der Waals surface area contributed by atoms with Gasteiger partial charge in [-0.3, -0.25) is 10.4 Å². The van der Waals surface area contributed by atoms with Gasteiger partial charge in [-0.15, -0.1) is 0 Å². The normalized spacial score (nSPS) is 11.7. The lowest BCUT2D eigenvalue weighted by atomic mass is 9.89. The lowest BCUT2D eigenvalue weighted by Crippen LogP contribution is -2.18. The van der Waals surface area contributed by atoms with Crippen LogP contribution in [0.3, 0.4) is 0 Å². The highest BCUT2D eigenvalue weighted by atomic mass is 14.7. The maximum absolute atomic E-state index is 7.67. The standard InChI is InChI=1S/C14H17N3/c1-14(2,3)12-8-10(13(15)16)9-6-4-5-7-11(9)17-12/h4-8H,1-3H3,(H3,15,16). The van der Waals surface area contributed by atoms with Crippen LogP contribution in [0.5, 0.6) is 0 Å². The van der Waals surface area contributed by atoms with Crippen LogP contribution in [0.2, 0.25) is 0 Å². The van der Waals surface area contributed by atoms with E-state index in [-0.39, 0.29) is 11.3 Å². The number of rotatable bonds is 1. The molecule has 0 saturated heterocycles. The molecule has 0 aliphatic heterocycles. The molecule has 1 heterocycles. The Bertz CT molecular complexity index is 580. The van der Waals surface area contributed by atoms with E-state index in [1.165, 1.54) is 0 Å². The molecule has 3 nitrogen and oxygen atoms in total. The summed E-state index contributed by atoms with van der Waals surface area (Å²) >= 11 is 0. The smallest absolute Gasteiger partial charge is 0.123 e. The number of pyridine rings is 1. The predicted molar refractivity (Wildman–Crippen MR) is 71.5 cm³/mol. The molecule has 1 aromatic carbocycles. The van der Waals surface area contributed by atoms with Crippen molar-refractivity contribution in [2.24, 2.45) is 5.73 Å². The van der Waals surface area contributed by atoms with Gasteiger partial charge < -0.3 is 5.73 Å². The average Bonchev–Trinajstić information content (AvgIpc) is 2.26. The van der Waals surface area contributed by atoms with E-state index in [1.54, 1.807) is 0 Å². The fraction of sp³-hybridized carbons (Fsp3) is 0.286. The second kappa shape index (κ2) is 3.84. The monoisotopic (exact) mass is 227 g/mol. The average molecular weight is 227 g/mol. The first-order chi connectivity index (χ1) is 7.89. The molecule has 3 N–H and O–H groups in total. The van der Waals surface area contributed by atoms with Crippen LogP contribution in [-0.4, -0.2) is 10.8 Å². The number of nitrogens with one attached hydrogen (secondary N) is 1. The first kappa shape index (κ1) is 11.6. The van der Waals surface area contributed by atoms with Crippen molar-refractivity contribution in [3.05, 3.63) is 41.6 Å². The Morgan fingerprint density at radius 2 is 1.88 bits per heavy atom. The number of fused-ring (bicyclic) bond motifs is 1. The molecule has 0 aliphatic rings. The zero-order valence-corrected chi connectivity index (χ0v) is 10.4. The summed E-state index contributed by atoms with van der Waals surface area (Å²) < 4.78 is 0. The highest BCUT2D eigenvalue weighted by Gasteiger charge is 2.18. The maximum Gasteiger partial charge on any atom is 0.123 e. The third-order valence-corrected chi connectivity index (χ3v) is 2.77. The lowest BCUT2D eigenvalue weighted by Gasteiger charge is -2.19. The largest absolute Gasteiger partial charge is 0.384 e. The van der Waals surface area contributed by atoms with Gasteiger partial charge in [0.15, 0.2) is 0 Å². The quantitative estimate of drug-likeness (QED) is 0.581. The van der Waals surface area contributed by atoms with Gasteiger partial charge in [0.1, 0.15) is 5.84 Å². The second-order valence-corrected chi connectivity index (χ2v) is 5.24. The van der Waals surface area contributed by atoms with Crippen molar-refractivity contribution < 1.29 is 0 Å². The fourth-order valence-electron chi connectivity index (χ4n) is 1.78. The number of hydrogen-bond acceptors (Lipinski definition) is 2. The molecule has 0 bridgehead atoms. The minimum absolute atomic E-state index is 0.0474. The first-order valence-electron chi connectivity index (χ1n) is 5.64. The van der Waals surface area contributed by atoms with E-state index in [1.807, 2.05) is 30.3 Å². The van der Waals surface area contributed by atoms with Gasteiger partial charge >= 0.3 is 0 Å². The highest BCUT2D eigenvalue weighted by Crippen LogP contribution is 2.25. The molecule has 3 heteroatoms. The zero-order chi connectivity index (χ0) is 12.6. The minimum Gasteiger partial charge on any atom is -0.384 e. The molecule has 0 aliphatic carbocycles. The Hall–Kier alpha value is -1.90. The van der Waals surface area contributed by atoms with Crippen LogP contribution in [0.25, 0.3) is 10.9 Å². The van der Waals surface area contributed by atoms with E-state index in [9.17, 15) is 0 Å². The summed E-state index contributed by atoms with van der Waals surface area (Å²) in [6.07, 6.45) is 0. The Balaban J connectivity index is 2.81. The highest BCUT2D eigenvalue weighted by molar-refractivity contribution is 6.06. The number of amidine groups is 1. The number of nitrogen functional groups attached to an aromatic ring is 1. The van der Waals surface area contributed by atoms with E-state index >= 15 is 0 Å². The van der Waals surface area contributed by atoms with Gasteiger partial charge in [-0.05, 0) is 12.1 Å². The number of benzene rings is 1. The fourth-order valence-corrected chi connectivity index (χ4v) is 1.78. The lowest BCUT2D eigenvalue weighted by molar-refractivity contribution is 0.571. The molecule has 2 rings (SSSR count). The number of para-hydroxylation sites is 1. The van der Waals surface area contributed by atoms with Crippen molar-refractivity contribution >= 4 is 16.7 Å². The molecule has 17 heavy (non-hydrogen) atoms. The molecule has 0 fully saturated rings. The molecule has 0 saturated carbocycles. The van der Waals surface area contributed by atoms with Crippen molar-refractivity contribution in [3.8, 4) is 0 Å². The van der Waals surface area contributed by atoms with Crippen LogP contribution in [-0.2, 0) is 5.41 Å². The van der Waals surface area contributed by atoms with E-state index in [0.717, 1.165) is 22.2 Å². The summed E-state index contributed by atoms with van der Waals surface area (Å²) in [5.41, 5.74) is 8.22. The first-order valence-corrected chi connectivity index (χ1v) is 5.64. The SMILES string of the molecule is CC(C)(C)c1cc(C(=N)N)c2ccccc2n1. The van der Waals surface area contributed by atoms with E-state index in [2.05, 4.69) is 25.8 Å². The molecule has 88 valence electrons. The van der Waals surface area contributed by atoms with Gasteiger partial charge in [-0.25, -0.2) is 0 Å². The van der Waals surface area contributed by atoms with Crippen LogP contribution in [0.4, 0.5) is 0 Å². The topological polar surface area (TPSA) is 62.8 Å². The summed E-state index contributed by atoms with van der Waals surface area (Å²) in [4.78, 5) is 4.64. The van der Waals surface area contributed by atoms with E-state index in [0.29, 0.717) is 0 Å². The van der Waals surface area contributed by atoms with Crippen molar-refractivity contribution in [2.75, 3.05) is 0 Å². The van der Waals surface area contributed by atoms with E-state index < -0.39 is 0 Å². The van der Waals surface area contributed by atoms with Crippen LogP contribution in [0.1, 0.15) is 32.0 Å². The van der Waals surface area contributed by atoms with Crippen molar-refractivity contribution in [1.29, 1.82) is 5.41 Å². The van der Waals surface area contributed by atoms with Gasteiger partial charge in [-0.2, -0.15) is 0 Å². The number of nitrogens with two attached hydrogens (primary N) is 1. The Labute approximate surface area is 101 Å². The summed E-state index contributed by atoms with van der Waals surface area (Å²) in [6, 6.07) is 9.71. The van der Waals surface area contributed by atoms with Crippen LogP contribution >= 0.6 is 0 Å². The van der Waals surface area contributed by atoms with Crippen molar-refractivity contribution in [3.63, 3.8) is 0 Å². The Morgan fingerprint density at radius 1 is 1.24 bits per heavy atom. The second-order valence-electron chi connectivity index (χ2n) is 5.24. The van der Waals surface area contributed by atoms with Crippen LogP contribution < -0.4 is 5.73 Å². The van der Waals surface area contributed by atoms with Gasteiger partial charge in [0.2, 0.25) is 0 Å². The molecule has 0 atom stereocenters. The summed E-state index contributed by atoms with van der Waals surface area (Å²) in [7, 11) is 0. The van der Waals surface area contributed by atoms with Crippen molar-refractivity contribution in [1.82, 2.24) is 4.98 Å². The van der Waals surface area contributed by atoms with Gasteiger partial charge in [0.25, 0.3) is 0 Å². The molecular formula is C14H17N3. The number of hydrogen-bond donors (Lipinski definition) is 2. The van der Waals surface area contributed by atoms with Gasteiger partial charge in [0, 0.05) is 22.1 Å². The molecule has 1 aromatic heterocycles. The minimum atomic E-state index is -0.0474. The van der Waals surface area contributed by atoms with Crippen LogP contribution in [0.15, 0.2) is 30.3 Å². The Kier molecular flexibility index (Phi) is 2.62. The molecule has 0 radical (unpaired) electrons. The maximum atomic E-state index is 7.67. The molecule has 0 spiro atoms. The van der Waals surface area contributed by atoms with Gasteiger partial charge in [-0.1, -0.05) is 39.0 Å². The molecular weight excluding hydrogens is 210 g/mol. The Morgan fingerprint density at radius 3 is 2.47 bits per heavy atom. The number of nitrogens with zero attached hydrogens (tertiary/aromatic N) is 1. The molecule has 0 amide bonds. The third kappa shape index (κ3) is 2.13.